The number of aromatic amines is 1. The first-order valence-corrected chi connectivity index (χ1v) is 6.06. The molecule has 1 heterocycles. The number of methoxy groups -OCH3 is 1. The number of hydrogen-bond acceptors (Lipinski definition) is 3. The van der Waals surface area contributed by atoms with Crippen LogP contribution in [-0.4, -0.2) is 29.5 Å². The molecule has 0 radical (unpaired) electrons. The largest absolute Gasteiger partial charge is 0.497 e. The zero-order chi connectivity index (χ0) is 13.0. The highest BCUT2D eigenvalue weighted by Crippen LogP contribution is 2.18. The van der Waals surface area contributed by atoms with Crippen LogP contribution < -0.4 is 10.1 Å². The average Bonchev–Trinajstić information content (AvgIpc) is 2.81. The minimum atomic E-state index is -0.168. The van der Waals surface area contributed by atoms with E-state index in [1.807, 2.05) is 12.1 Å². The van der Waals surface area contributed by atoms with E-state index in [4.69, 9.17) is 4.74 Å². The summed E-state index contributed by atoms with van der Waals surface area (Å²) in [4.78, 5) is 19.1. The van der Waals surface area contributed by atoms with E-state index in [9.17, 15) is 4.79 Å². The van der Waals surface area contributed by atoms with Gasteiger partial charge in [0.1, 0.15) is 5.75 Å². The summed E-state index contributed by atoms with van der Waals surface area (Å²) in [7, 11) is 1.60. The molecule has 0 saturated carbocycles. The molecule has 96 valence electrons. The summed E-state index contributed by atoms with van der Waals surface area (Å²) in [5.74, 6) is 0.903. The molecule has 0 bridgehead atoms. The third kappa shape index (κ3) is 2.61. The van der Waals surface area contributed by atoms with Crippen LogP contribution in [0, 0.1) is 0 Å². The number of aromatic nitrogens is 2. The van der Waals surface area contributed by atoms with Crippen molar-refractivity contribution in [1.82, 2.24) is 15.3 Å². The number of fused-ring (bicyclic) bond motifs is 1. The number of nitrogens with one attached hydrogen (secondary N) is 2. The molecule has 2 aromatic rings. The van der Waals surface area contributed by atoms with Crippen LogP contribution >= 0.6 is 0 Å². The van der Waals surface area contributed by atoms with Crippen LogP contribution in [0.3, 0.4) is 0 Å². The van der Waals surface area contributed by atoms with Crippen LogP contribution in [0.15, 0.2) is 18.2 Å². The first kappa shape index (κ1) is 12.4. The maximum Gasteiger partial charge on any atom is 0.287 e. The third-order valence-corrected chi connectivity index (χ3v) is 2.72. The van der Waals surface area contributed by atoms with E-state index in [1.54, 1.807) is 13.2 Å². The van der Waals surface area contributed by atoms with Gasteiger partial charge in [0.2, 0.25) is 0 Å². The predicted octanol–water partition coefficient (Wildman–Crippen LogP) is 2.10. The minimum absolute atomic E-state index is 0.168. The molecule has 5 heteroatoms. The number of imidazole rings is 1. The van der Waals surface area contributed by atoms with E-state index in [-0.39, 0.29) is 5.91 Å². The number of ether oxygens (including phenoxy) is 1. The number of H-pyrrole nitrogens is 1. The zero-order valence-corrected chi connectivity index (χ0v) is 10.6. The lowest BCUT2D eigenvalue weighted by atomic mass is 10.3. The van der Waals surface area contributed by atoms with E-state index >= 15 is 0 Å². The molecule has 2 N–H and O–H groups in total. The van der Waals surface area contributed by atoms with E-state index in [0.717, 1.165) is 29.6 Å². The monoisotopic (exact) mass is 247 g/mol. The Hall–Kier alpha value is -2.04. The maximum absolute atomic E-state index is 11.8. The van der Waals surface area contributed by atoms with Gasteiger partial charge in [0.05, 0.1) is 18.1 Å². The predicted molar refractivity (Wildman–Crippen MR) is 69.9 cm³/mol. The molecule has 0 saturated heterocycles. The van der Waals surface area contributed by atoms with Crippen LogP contribution in [0.25, 0.3) is 11.0 Å². The molecule has 5 nitrogen and oxygen atoms in total. The van der Waals surface area contributed by atoms with Gasteiger partial charge in [0, 0.05) is 12.6 Å². The second kappa shape index (κ2) is 5.53. The van der Waals surface area contributed by atoms with Crippen molar-refractivity contribution in [2.45, 2.75) is 19.8 Å². The SMILES string of the molecule is CCCCNC(=O)c1nc2cc(OC)ccc2[nH]1. The fraction of sp³-hybridized carbons (Fsp3) is 0.385. The first-order chi connectivity index (χ1) is 8.74. The molecule has 0 unspecified atom stereocenters. The van der Waals surface area contributed by atoms with Gasteiger partial charge in [-0.15, -0.1) is 0 Å². The number of hydrogen-bond donors (Lipinski definition) is 2. The summed E-state index contributed by atoms with van der Waals surface area (Å²) in [5, 5.41) is 2.83. The van der Waals surface area contributed by atoms with E-state index in [2.05, 4.69) is 22.2 Å². The number of nitrogens with zero attached hydrogens (tertiary/aromatic N) is 1. The van der Waals surface area contributed by atoms with Crippen molar-refractivity contribution in [2.24, 2.45) is 0 Å². The highest BCUT2D eigenvalue weighted by Gasteiger charge is 2.10. The van der Waals surface area contributed by atoms with E-state index < -0.39 is 0 Å². The Labute approximate surface area is 106 Å². The molecule has 0 aliphatic heterocycles. The van der Waals surface area contributed by atoms with Crippen molar-refractivity contribution in [1.29, 1.82) is 0 Å². The van der Waals surface area contributed by atoms with Crippen LogP contribution in [0.5, 0.6) is 5.75 Å². The molecule has 0 aliphatic carbocycles. The highest BCUT2D eigenvalue weighted by molar-refractivity contribution is 5.94. The second-order valence-electron chi connectivity index (χ2n) is 4.08. The number of unbranched alkanes of at least 4 members (excludes halogenated alkanes) is 1. The Balaban J connectivity index is 2.16. The maximum atomic E-state index is 11.8. The van der Waals surface area contributed by atoms with Crippen molar-refractivity contribution in [3.63, 3.8) is 0 Å². The Morgan fingerprint density at radius 2 is 2.33 bits per heavy atom. The normalized spacial score (nSPS) is 10.6. The fourth-order valence-corrected chi connectivity index (χ4v) is 1.68. The lowest BCUT2D eigenvalue weighted by molar-refractivity contribution is 0.0944. The van der Waals surface area contributed by atoms with E-state index in [0.29, 0.717) is 12.4 Å². The lowest BCUT2D eigenvalue weighted by Gasteiger charge is -2.00. The molecule has 1 amide bonds. The van der Waals surface area contributed by atoms with Gasteiger partial charge in [-0.05, 0) is 18.6 Å². The summed E-state index contributed by atoms with van der Waals surface area (Å²) < 4.78 is 5.12. The van der Waals surface area contributed by atoms with Crippen LogP contribution in [0.4, 0.5) is 0 Å². The smallest absolute Gasteiger partial charge is 0.287 e. The molecule has 0 aliphatic rings. The molecule has 1 aromatic carbocycles. The molecular weight excluding hydrogens is 230 g/mol. The van der Waals surface area contributed by atoms with Gasteiger partial charge < -0.3 is 15.0 Å². The Bertz CT molecular complexity index is 548. The molecule has 0 spiro atoms. The van der Waals surface area contributed by atoms with Crippen LogP contribution in [0.2, 0.25) is 0 Å². The van der Waals surface area contributed by atoms with Gasteiger partial charge in [-0.1, -0.05) is 13.3 Å². The second-order valence-corrected chi connectivity index (χ2v) is 4.08. The average molecular weight is 247 g/mol. The molecular formula is C13H17N3O2. The number of rotatable bonds is 5. The van der Waals surface area contributed by atoms with Crippen LogP contribution in [0.1, 0.15) is 30.4 Å². The Morgan fingerprint density at radius 3 is 3.06 bits per heavy atom. The number of benzene rings is 1. The van der Waals surface area contributed by atoms with Gasteiger partial charge >= 0.3 is 0 Å². The highest BCUT2D eigenvalue weighted by atomic mass is 16.5. The zero-order valence-electron chi connectivity index (χ0n) is 10.6. The minimum Gasteiger partial charge on any atom is -0.497 e. The summed E-state index contributed by atoms with van der Waals surface area (Å²) >= 11 is 0. The lowest BCUT2D eigenvalue weighted by Crippen LogP contribution is -2.25. The summed E-state index contributed by atoms with van der Waals surface area (Å²) in [6, 6.07) is 5.48. The van der Waals surface area contributed by atoms with Crippen molar-refractivity contribution < 1.29 is 9.53 Å². The quantitative estimate of drug-likeness (QED) is 0.795. The molecule has 1 aromatic heterocycles. The summed E-state index contributed by atoms with van der Waals surface area (Å²) in [6.07, 6.45) is 2.03. The van der Waals surface area contributed by atoms with Gasteiger partial charge in [-0.3, -0.25) is 4.79 Å². The Kier molecular flexibility index (Phi) is 3.82. The van der Waals surface area contributed by atoms with E-state index in [1.165, 1.54) is 0 Å². The van der Waals surface area contributed by atoms with Gasteiger partial charge in [-0.25, -0.2) is 4.98 Å². The Morgan fingerprint density at radius 1 is 1.50 bits per heavy atom. The number of carbonyl (C=O) groups excluding carboxylic acids is 1. The summed E-state index contributed by atoms with van der Waals surface area (Å²) in [6.45, 7) is 2.76. The standard InChI is InChI=1S/C13H17N3O2/c1-3-4-7-14-13(17)12-15-10-6-5-9(18-2)8-11(10)16-12/h5-6,8H,3-4,7H2,1-2H3,(H,14,17)(H,15,16). The van der Waals surface area contributed by atoms with Gasteiger partial charge in [0.25, 0.3) is 5.91 Å². The van der Waals surface area contributed by atoms with Gasteiger partial charge in [0.15, 0.2) is 5.82 Å². The van der Waals surface area contributed by atoms with Crippen molar-refractivity contribution in [3.05, 3.63) is 24.0 Å². The molecule has 0 fully saturated rings. The molecule has 2 rings (SSSR count). The van der Waals surface area contributed by atoms with Crippen molar-refractivity contribution in [2.75, 3.05) is 13.7 Å². The molecule has 0 atom stereocenters. The molecule has 18 heavy (non-hydrogen) atoms. The number of amides is 1. The van der Waals surface area contributed by atoms with Crippen molar-refractivity contribution in [3.8, 4) is 5.75 Å². The first-order valence-electron chi connectivity index (χ1n) is 6.06. The summed E-state index contributed by atoms with van der Waals surface area (Å²) in [5.41, 5.74) is 1.56. The third-order valence-electron chi connectivity index (χ3n) is 2.72. The topological polar surface area (TPSA) is 67.0 Å². The van der Waals surface area contributed by atoms with Gasteiger partial charge in [-0.2, -0.15) is 0 Å². The number of carbonyl (C=O) groups is 1. The van der Waals surface area contributed by atoms with Crippen LogP contribution in [-0.2, 0) is 0 Å². The van der Waals surface area contributed by atoms with Crippen molar-refractivity contribution >= 4 is 16.9 Å². The fourth-order valence-electron chi connectivity index (χ4n) is 1.68.